The summed E-state index contributed by atoms with van der Waals surface area (Å²) >= 11 is 0. The normalized spacial score (nSPS) is 10.2. The molecule has 0 radical (unpaired) electrons. The maximum Gasteiger partial charge on any atom is 0.273 e. The van der Waals surface area contributed by atoms with Crippen LogP contribution in [0.1, 0.15) is 11.1 Å². The minimum absolute atomic E-state index is 0.134. The molecule has 0 aliphatic rings. The molecule has 6 nitrogen and oxygen atoms in total. The van der Waals surface area contributed by atoms with E-state index >= 15 is 0 Å². The number of nitro groups is 1. The first kappa shape index (κ1) is 12.1. The number of rotatable bonds is 5. The topological polar surface area (TPSA) is 81.0 Å². The molecule has 2 rings (SSSR count). The highest BCUT2D eigenvalue weighted by Gasteiger charge is 2.11. The molecular weight excluding hydrogens is 232 g/mol. The zero-order valence-corrected chi connectivity index (χ0v) is 9.61. The number of hydrogen-bond acceptors (Lipinski definition) is 5. The lowest BCUT2D eigenvalue weighted by atomic mass is 10.2. The molecule has 1 heterocycles. The van der Waals surface area contributed by atoms with Crippen LogP contribution < -0.4 is 5.32 Å². The Morgan fingerprint density at radius 2 is 1.89 bits per heavy atom. The fourth-order valence-electron chi connectivity index (χ4n) is 1.60. The van der Waals surface area contributed by atoms with Crippen LogP contribution in [0.25, 0.3) is 0 Å². The Morgan fingerprint density at radius 3 is 2.61 bits per heavy atom. The van der Waals surface area contributed by atoms with Crippen LogP contribution in [0.2, 0.25) is 0 Å². The number of para-hydroxylation sites is 1. The number of benzene rings is 1. The highest BCUT2D eigenvalue weighted by molar-refractivity contribution is 5.39. The zero-order valence-electron chi connectivity index (χ0n) is 9.61. The van der Waals surface area contributed by atoms with Crippen molar-refractivity contribution >= 4 is 5.69 Å². The van der Waals surface area contributed by atoms with Gasteiger partial charge in [0.25, 0.3) is 5.69 Å². The summed E-state index contributed by atoms with van der Waals surface area (Å²) in [6, 6.07) is 6.69. The summed E-state index contributed by atoms with van der Waals surface area (Å²) in [5.41, 5.74) is 1.74. The van der Waals surface area contributed by atoms with Crippen molar-refractivity contribution in [1.82, 2.24) is 15.3 Å². The van der Waals surface area contributed by atoms with Gasteiger partial charge >= 0.3 is 0 Å². The van der Waals surface area contributed by atoms with Crippen LogP contribution in [0, 0.1) is 10.1 Å². The lowest BCUT2D eigenvalue weighted by Crippen LogP contribution is -2.14. The molecule has 0 saturated carbocycles. The lowest BCUT2D eigenvalue weighted by molar-refractivity contribution is -0.385. The number of nitrogens with one attached hydrogen (secondary N) is 1. The third-order valence-corrected chi connectivity index (χ3v) is 2.45. The Kier molecular flexibility index (Phi) is 3.93. The minimum Gasteiger partial charge on any atom is -0.308 e. The Morgan fingerprint density at radius 1 is 1.17 bits per heavy atom. The molecule has 1 N–H and O–H groups in total. The second kappa shape index (κ2) is 5.83. The Hall–Kier alpha value is -2.34. The highest BCUT2D eigenvalue weighted by atomic mass is 16.6. The number of nitrogens with zero attached hydrogens (tertiary/aromatic N) is 3. The van der Waals surface area contributed by atoms with Gasteiger partial charge in [0.15, 0.2) is 0 Å². The molecule has 0 unspecified atom stereocenters. The van der Waals surface area contributed by atoms with Crippen LogP contribution in [0.4, 0.5) is 5.69 Å². The molecule has 92 valence electrons. The molecule has 0 spiro atoms. The predicted octanol–water partition coefficient (Wildman–Crippen LogP) is 1.67. The fourth-order valence-corrected chi connectivity index (χ4v) is 1.60. The zero-order chi connectivity index (χ0) is 12.8. The molecule has 1 aromatic heterocycles. The molecular formula is C12H12N4O2. The standard InChI is InChI=1S/C12H12N4O2/c17-16(18)12-4-2-1-3-11(12)8-13-5-10-6-14-9-15-7-10/h1-4,6-7,9,13H,5,8H2. The van der Waals surface area contributed by atoms with Crippen LogP contribution in [0.3, 0.4) is 0 Å². The van der Waals surface area contributed by atoms with E-state index in [1.165, 1.54) is 12.4 Å². The van der Waals surface area contributed by atoms with Gasteiger partial charge in [0.1, 0.15) is 6.33 Å². The van der Waals surface area contributed by atoms with Gasteiger partial charge in [0.2, 0.25) is 0 Å². The molecule has 0 aliphatic carbocycles. The summed E-state index contributed by atoms with van der Waals surface area (Å²) in [7, 11) is 0. The quantitative estimate of drug-likeness (QED) is 0.639. The molecule has 6 heteroatoms. The van der Waals surface area contributed by atoms with Crippen molar-refractivity contribution < 1.29 is 4.92 Å². The van der Waals surface area contributed by atoms with Crippen LogP contribution in [-0.2, 0) is 13.1 Å². The summed E-state index contributed by atoms with van der Waals surface area (Å²) in [5, 5.41) is 13.9. The van der Waals surface area contributed by atoms with Crippen LogP contribution in [-0.4, -0.2) is 14.9 Å². The lowest BCUT2D eigenvalue weighted by Gasteiger charge is -2.05. The maximum absolute atomic E-state index is 10.8. The third kappa shape index (κ3) is 3.08. The van der Waals surface area contributed by atoms with Crippen molar-refractivity contribution in [2.45, 2.75) is 13.1 Å². The number of aromatic nitrogens is 2. The maximum atomic E-state index is 10.8. The first-order valence-electron chi connectivity index (χ1n) is 5.44. The van der Waals surface area contributed by atoms with Gasteiger partial charge in [-0.3, -0.25) is 10.1 Å². The van der Waals surface area contributed by atoms with Crippen molar-refractivity contribution in [2.75, 3.05) is 0 Å². The van der Waals surface area contributed by atoms with Gasteiger partial charge in [-0.15, -0.1) is 0 Å². The van der Waals surface area contributed by atoms with Gasteiger partial charge in [-0.25, -0.2) is 9.97 Å². The second-order valence-electron chi connectivity index (χ2n) is 3.74. The average molecular weight is 244 g/mol. The fraction of sp³-hybridized carbons (Fsp3) is 0.167. The van der Waals surface area contributed by atoms with Gasteiger partial charge in [0.05, 0.1) is 4.92 Å². The first-order valence-corrected chi connectivity index (χ1v) is 5.44. The second-order valence-corrected chi connectivity index (χ2v) is 3.74. The Labute approximate surface area is 104 Å². The molecule has 0 saturated heterocycles. The van der Waals surface area contributed by atoms with E-state index in [0.717, 1.165) is 5.56 Å². The Balaban J connectivity index is 1.97. The number of hydrogen-bond donors (Lipinski definition) is 1. The van der Waals surface area contributed by atoms with E-state index in [4.69, 9.17) is 0 Å². The summed E-state index contributed by atoms with van der Waals surface area (Å²) in [4.78, 5) is 18.2. The van der Waals surface area contributed by atoms with Crippen LogP contribution in [0.15, 0.2) is 43.0 Å². The summed E-state index contributed by atoms with van der Waals surface area (Å²) in [5.74, 6) is 0. The third-order valence-electron chi connectivity index (χ3n) is 2.45. The molecule has 0 amide bonds. The SMILES string of the molecule is O=[N+]([O-])c1ccccc1CNCc1cncnc1. The minimum atomic E-state index is -0.372. The van der Waals surface area contributed by atoms with E-state index in [9.17, 15) is 10.1 Å². The summed E-state index contributed by atoms with van der Waals surface area (Å²) < 4.78 is 0. The molecule has 0 bridgehead atoms. The number of nitro benzene ring substituents is 1. The van der Waals surface area contributed by atoms with E-state index in [0.29, 0.717) is 18.7 Å². The average Bonchev–Trinajstić information content (AvgIpc) is 2.40. The van der Waals surface area contributed by atoms with E-state index in [1.807, 2.05) is 0 Å². The van der Waals surface area contributed by atoms with E-state index < -0.39 is 0 Å². The van der Waals surface area contributed by atoms with Gasteiger partial charge in [-0.05, 0) is 0 Å². The van der Waals surface area contributed by atoms with E-state index in [2.05, 4.69) is 15.3 Å². The monoisotopic (exact) mass is 244 g/mol. The summed E-state index contributed by atoms with van der Waals surface area (Å²) in [6.45, 7) is 1.01. The first-order chi connectivity index (χ1) is 8.77. The van der Waals surface area contributed by atoms with E-state index in [-0.39, 0.29) is 10.6 Å². The molecule has 0 fully saturated rings. The smallest absolute Gasteiger partial charge is 0.273 e. The van der Waals surface area contributed by atoms with Gasteiger partial charge in [-0.1, -0.05) is 18.2 Å². The van der Waals surface area contributed by atoms with Gasteiger partial charge in [-0.2, -0.15) is 0 Å². The largest absolute Gasteiger partial charge is 0.308 e. The van der Waals surface area contributed by atoms with Crippen LogP contribution in [0.5, 0.6) is 0 Å². The van der Waals surface area contributed by atoms with E-state index in [1.54, 1.807) is 30.6 Å². The molecule has 18 heavy (non-hydrogen) atoms. The van der Waals surface area contributed by atoms with Gasteiger partial charge in [0, 0.05) is 42.7 Å². The van der Waals surface area contributed by atoms with Gasteiger partial charge < -0.3 is 5.32 Å². The van der Waals surface area contributed by atoms with Crippen molar-refractivity contribution in [1.29, 1.82) is 0 Å². The molecule has 2 aromatic rings. The predicted molar refractivity (Wildman–Crippen MR) is 65.7 cm³/mol. The van der Waals surface area contributed by atoms with Crippen molar-refractivity contribution in [3.63, 3.8) is 0 Å². The Bertz CT molecular complexity index is 531. The summed E-state index contributed by atoms with van der Waals surface area (Å²) in [6.07, 6.45) is 4.88. The molecule has 1 aromatic carbocycles. The van der Waals surface area contributed by atoms with Crippen LogP contribution >= 0.6 is 0 Å². The van der Waals surface area contributed by atoms with Crippen molar-refractivity contribution in [3.8, 4) is 0 Å². The molecule has 0 aliphatic heterocycles. The molecule has 0 atom stereocenters. The van der Waals surface area contributed by atoms with Crippen molar-refractivity contribution in [2.24, 2.45) is 0 Å². The van der Waals surface area contributed by atoms with Crippen molar-refractivity contribution in [3.05, 3.63) is 64.2 Å². The highest BCUT2D eigenvalue weighted by Crippen LogP contribution is 2.17.